The van der Waals surface area contributed by atoms with Gasteiger partial charge in [-0.1, -0.05) is 54.6 Å². The number of benzene rings is 2. The first kappa shape index (κ1) is 20.9. The van der Waals surface area contributed by atoms with Crippen molar-refractivity contribution in [3.05, 3.63) is 87.3 Å². The van der Waals surface area contributed by atoms with E-state index < -0.39 is 0 Å². The van der Waals surface area contributed by atoms with Crippen LogP contribution in [0.1, 0.15) is 54.1 Å². The molecule has 35 heavy (non-hydrogen) atoms. The molecule has 1 saturated carbocycles. The lowest BCUT2D eigenvalue weighted by Crippen LogP contribution is -2.46. The first-order valence-corrected chi connectivity index (χ1v) is 12.6. The van der Waals surface area contributed by atoms with Gasteiger partial charge in [0.1, 0.15) is 5.39 Å². The van der Waals surface area contributed by atoms with Crippen LogP contribution < -0.4 is 16.2 Å². The highest BCUT2D eigenvalue weighted by molar-refractivity contribution is 5.80. The van der Waals surface area contributed by atoms with Gasteiger partial charge in [-0.2, -0.15) is 10.1 Å². The van der Waals surface area contributed by atoms with E-state index in [1.807, 2.05) is 13.1 Å². The van der Waals surface area contributed by atoms with E-state index in [-0.39, 0.29) is 22.4 Å². The largest absolute Gasteiger partial charge is 0.342 e. The van der Waals surface area contributed by atoms with Crippen molar-refractivity contribution in [2.75, 3.05) is 18.0 Å². The van der Waals surface area contributed by atoms with Gasteiger partial charge in [-0.05, 0) is 54.2 Å². The fourth-order valence-electron chi connectivity index (χ4n) is 6.68. The Bertz CT molecular complexity index is 1490. The molecular formula is C28H30N6O. The van der Waals surface area contributed by atoms with Crippen LogP contribution in [0.5, 0.6) is 0 Å². The molecule has 2 aliphatic carbocycles. The molecule has 3 aliphatic rings. The molecule has 178 valence electrons. The number of H-pyrrole nitrogens is 1. The summed E-state index contributed by atoms with van der Waals surface area (Å²) in [7, 11) is 1.84. The molecule has 1 saturated heterocycles. The Morgan fingerprint density at radius 3 is 2.43 bits per heavy atom. The minimum atomic E-state index is -0.181. The van der Waals surface area contributed by atoms with Crippen LogP contribution in [0.15, 0.2) is 59.4 Å². The number of rotatable bonds is 3. The van der Waals surface area contributed by atoms with Gasteiger partial charge in [0, 0.05) is 31.6 Å². The van der Waals surface area contributed by atoms with Crippen LogP contribution in [0.3, 0.4) is 0 Å². The van der Waals surface area contributed by atoms with Gasteiger partial charge in [-0.15, -0.1) is 0 Å². The van der Waals surface area contributed by atoms with Crippen LogP contribution in [0.25, 0.3) is 11.0 Å². The zero-order chi connectivity index (χ0) is 23.8. The average molecular weight is 467 g/mol. The number of nitrogens with one attached hydrogen (secondary N) is 1. The maximum atomic E-state index is 13.6. The number of hydrogen-bond donors (Lipinski definition) is 2. The van der Waals surface area contributed by atoms with Gasteiger partial charge in [-0.25, -0.2) is 0 Å². The van der Waals surface area contributed by atoms with Crippen molar-refractivity contribution < 1.29 is 0 Å². The second kappa shape index (κ2) is 7.28. The van der Waals surface area contributed by atoms with Crippen molar-refractivity contribution in [1.82, 2.24) is 19.7 Å². The Hall–Kier alpha value is -3.45. The molecule has 7 heteroatoms. The smallest absolute Gasteiger partial charge is 0.266 e. The number of fused-ring (bicyclic) bond motifs is 2. The highest BCUT2D eigenvalue weighted by Crippen LogP contribution is 2.54. The minimum absolute atomic E-state index is 0.0267. The Morgan fingerprint density at radius 2 is 1.71 bits per heavy atom. The molecule has 2 fully saturated rings. The summed E-state index contributed by atoms with van der Waals surface area (Å²) in [5.74, 6) is 0.709. The van der Waals surface area contributed by atoms with E-state index >= 15 is 0 Å². The Labute approximate surface area is 204 Å². The van der Waals surface area contributed by atoms with Crippen molar-refractivity contribution in [3.8, 4) is 0 Å². The summed E-state index contributed by atoms with van der Waals surface area (Å²) < 4.78 is 1.71. The van der Waals surface area contributed by atoms with Crippen molar-refractivity contribution in [2.45, 2.75) is 43.6 Å². The van der Waals surface area contributed by atoms with E-state index in [1.165, 1.54) is 16.7 Å². The lowest BCUT2D eigenvalue weighted by molar-refractivity contribution is 0.186. The van der Waals surface area contributed by atoms with Crippen molar-refractivity contribution in [3.63, 3.8) is 0 Å². The number of nitrogens with zero attached hydrogens (tertiary/aromatic N) is 4. The SMILES string of the molecule is Cn1c(N2CCC3(CC2)Cc2ccccc2[C@H]3N)nc2[nH]nc(C3(c4ccccc4)CC3)c2c1=O. The standard InChI is InChI=1S/C28H30N6O/c1-33-25(35)21-23(28(11-12-28)19-8-3-2-4-9-19)31-32-24(21)30-26(33)34-15-13-27(14-16-34)17-18-7-5-6-10-20(18)22(27)29/h2-10,22H,11-17,29H2,1H3,(H,31,32)/t22-/m1/s1. The summed E-state index contributed by atoms with van der Waals surface area (Å²) in [5.41, 5.74) is 12.0. The molecule has 2 aromatic heterocycles. The average Bonchev–Trinajstić information content (AvgIpc) is 3.52. The molecule has 0 unspecified atom stereocenters. The number of nitrogens with two attached hydrogens (primary N) is 1. The van der Waals surface area contributed by atoms with E-state index in [0.29, 0.717) is 17.0 Å². The topological polar surface area (TPSA) is 92.8 Å². The second-order valence-corrected chi connectivity index (χ2v) is 10.7. The monoisotopic (exact) mass is 466 g/mol. The fourth-order valence-corrected chi connectivity index (χ4v) is 6.68. The van der Waals surface area contributed by atoms with Crippen molar-refractivity contribution in [2.24, 2.45) is 18.2 Å². The molecule has 2 aromatic carbocycles. The predicted octanol–water partition coefficient (Wildman–Crippen LogP) is 3.58. The maximum Gasteiger partial charge on any atom is 0.266 e. The van der Waals surface area contributed by atoms with E-state index in [2.05, 4.69) is 63.6 Å². The lowest BCUT2D eigenvalue weighted by atomic mass is 9.73. The van der Waals surface area contributed by atoms with Crippen LogP contribution in [0.4, 0.5) is 5.95 Å². The molecule has 7 nitrogen and oxygen atoms in total. The van der Waals surface area contributed by atoms with Gasteiger partial charge in [-0.3, -0.25) is 14.5 Å². The Morgan fingerprint density at radius 1 is 1.00 bits per heavy atom. The third-order valence-electron chi connectivity index (χ3n) is 8.94. The van der Waals surface area contributed by atoms with Gasteiger partial charge < -0.3 is 10.6 Å². The van der Waals surface area contributed by atoms with Gasteiger partial charge >= 0.3 is 0 Å². The number of piperidine rings is 1. The Kier molecular flexibility index (Phi) is 4.34. The number of aromatic nitrogens is 4. The lowest BCUT2D eigenvalue weighted by Gasteiger charge is -2.42. The van der Waals surface area contributed by atoms with Crippen LogP contribution in [-0.2, 0) is 18.9 Å². The molecule has 7 rings (SSSR count). The molecule has 1 aliphatic heterocycles. The van der Waals surface area contributed by atoms with Gasteiger partial charge in [0.05, 0.1) is 5.69 Å². The molecule has 1 spiro atoms. The van der Waals surface area contributed by atoms with Crippen molar-refractivity contribution in [1.29, 1.82) is 0 Å². The Balaban J connectivity index is 1.20. The van der Waals surface area contributed by atoms with Gasteiger partial charge in [0.25, 0.3) is 5.56 Å². The van der Waals surface area contributed by atoms with E-state index in [9.17, 15) is 4.79 Å². The molecule has 4 aromatic rings. The number of aromatic amines is 1. The second-order valence-electron chi connectivity index (χ2n) is 10.7. The first-order valence-electron chi connectivity index (χ1n) is 12.6. The zero-order valence-corrected chi connectivity index (χ0v) is 20.0. The highest BCUT2D eigenvalue weighted by Gasteiger charge is 2.50. The third-order valence-corrected chi connectivity index (χ3v) is 8.94. The summed E-state index contributed by atoms with van der Waals surface area (Å²) >= 11 is 0. The van der Waals surface area contributed by atoms with Crippen LogP contribution >= 0.6 is 0 Å². The molecule has 0 bridgehead atoms. The fraction of sp³-hybridized carbons (Fsp3) is 0.393. The highest BCUT2D eigenvalue weighted by atomic mass is 16.1. The molecule has 3 N–H and O–H groups in total. The molecule has 1 atom stereocenters. The minimum Gasteiger partial charge on any atom is -0.342 e. The van der Waals surface area contributed by atoms with E-state index in [0.717, 1.165) is 50.9 Å². The molecule has 0 radical (unpaired) electrons. The molecule has 0 amide bonds. The summed E-state index contributed by atoms with van der Waals surface area (Å²) in [4.78, 5) is 20.8. The summed E-state index contributed by atoms with van der Waals surface area (Å²) in [6.07, 6.45) is 5.01. The van der Waals surface area contributed by atoms with Gasteiger partial charge in [0.2, 0.25) is 5.95 Å². The van der Waals surface area contributed by atoms with Crippen LogP contribution in [-0.4, -0.2) is 32.8 Å². The van der Waals surface area contributed by atoms with Crippen molar-refractivity contribution >= 4 is 17.0 Å². The van der Waals surface area contributed by atoms with E-state index in [1.54, 1.807) is 4.57 Å². The van der Waals surface area contributed by atoms with Gasteiger partial charge in [0.15, 0.2) is 5.65 Å². The quantitative estimate of drug-likeness (QED) is 0.481. The first-order chi connectivity index (χ1) is 17.0. The molecule has 3 heterocycles. The molecular weight excluding hydrogens is 436 g/mol. The summed E-state index contributed by atoms with van der Waals surface area (Å²) in [6.45, 7) is 1.67. The van der Waals surface area contributed by atoms with Crippen LogP contribution in [0.2, 0.25) is 0 Å². The number of anilines is 1. The van der Waals surface area contributed by atoms with E-state index in [4.69, 9.17) is 10.7 Å². The summed E-state index contributed by atoms with van der Waals surface area (Å²) in [5, 5.41) is 8.37. The third kappa shape index (κ3) is 2.91. The zero-order valence-electron chi connectivity index (χ0n) is 20.0. The van der Waals surface area contributed by atoms with Crippen LogP contribution in [0, 0.1) is 5.41 Å². The normalized spacial score (nSPS) is 22.0. The predicted molar refractivity (Wildman–Crippen MR) is 137 cm³/mol. The summed E-state index contributed by atoms with van der Waals surface area (Å²) in [6, 6.07) is 19.1. The number of hydrogen-bond acceptors (Lipinski definition) is 5. The maximum absolute atomic E-state index is 13.6.